The molecule has 17 atom stereocenters. The molecule has 0 aliphatic heterocycles. The minimum absolute atomic E-state index is 0.0928. The Hall–Kier alpha value is -0.680. The van der Waals surface area contributed by atoms with Gasteiger partial charge in [-0.3, -0.25) is 0 Å². The lowest BCUT2D eigenvalue weighted by Crippen LogP contribution is -2.55. The van der Waals surface area contributed by atoms with Crippen LogP contribution in [0.3, 0.4) is 0 Å². The number of rotatable bonds is 10. The molecule has 0 aromatic heterocycles. The second kappa shape index (κ2) is 17.1. The Morgan fingerprint density at radius 1 is 0.638 bits per heavy atom. The summed E-state index contributed by atoms with van der Waals surface area (Å²) in [6.07, 6.45) is 29.0. The van der Waals surface area contributed by atoms with Gasteiger partial charge in [-0.05, 0) is 185 Å². The largest absolute Gasteiger partial charge is 0.393 e. The van der Waals surface area contributed by atoms with Gasteiger partial charge in [0.15, 0.2) is 0 Å². The third-order valence-electron chi connectivity index (χ3n) is 20.7. The molecule has 8 rings (SSSR count). The number of aliphatic hydroxyl groups excluding tert-OH is 3. The summed E-state index contributed by atoms with van der Waals surface area (Å²) < 4.78 is 0. The van der Waals surface area contributed by atoms with E-state index in [1.54, 1.807) is 5.57 Å². The van der Waals surface area contributed by atoms with Crippen molar-refractivity contribution in [1.82, 2.24) is 0 Å². The van der Waals surface area contributed by atoms with E-state index in [2.05, 4.69) is 81.4 Å². The summed E-state index contributed by atoms with van der Waals surface area (Å²) in [6, 6.07) is 0. The van der Waals surface area contributed by atoms with E-state index in [1.807, 2.05) is 0 Å². The van der Waals surface area contributed by atoms with Crippen molar-refractivity contribution in [3.8, 4) is 0 Å². The van der Waals surface area contributed by atoms with Crippen LogP contribution in [-0.2, 0) is 0 Å². The van der Waals surface area contributed by atoms with E-state index < -0.39 is 5.60 Å². The Morgan fingerprint density at radius 2 is 1.22 bits per heavy atom. The van der Waals surface area contributed by atoms with E-state index in [1.165, 1.54) is 102 Å². The first-order valence-corrected chi connectivity index (χ1v) is 25.4. The second-order valence-corrected chi connectivity index (χ2v) is 24.7. The summed E-state index contributed by atoms with van der Waals surface area (Å²) in [5, 5.41) is 43.0. The highest BCUT2D eigenvalue weighted by atomic mass is 16.3. The van der Waals surface area contributed by atoms with E-state index in [4.69, 9.17) is 0 Å². The monoisotopic (exact) mass is 805 g/mol. The molecule has 0 aromatic rings. The van der Waals surface area contributed by atoms with E-state index in [9.17, 15) is 20.4 Å². The zero-order valence-corrected chi connectivity index (χ0v) is 39.4. The van der Waals surface area contributed by atoms with Crippen molar-refractivity contribution >= 4 is 0 Å². The number of hydrogen-bond donors (Lipinski definition) is 4. The summed E-state index contributed by atoms with van der Waals surface area (Å²) in [7, 11) is 0. The Morgan fingerprint density at radius 3 is 1.93 bits per heavy atom. The standard InChI is InChI=1S/2C27H46O2/c1-18(2)7-6-14-27(5,29)24-11-10-22-21-9-8-19-17-20(28)12-15-25(19,3)23(21)13-16-26(22,24)4;1-17(2)7-6-8-18(3)22-11-12-23-21-10-9-19-15-20(28)16-25(29)27(19,5)24(21)13-14-26(22,23)4/h8,18,20-24,28-29H,6-7,9-17H2,1-5H3;9,17-18,20-25,28-29H,6-8,10-16H2,1-5H3/t20-,21-,22-,23-,24-,25-,26-,27-;18-,20-,21+,22-,23+,24+,25?,26-,27+/m01/s1. The van der Waals surface area contributed by atoms with Gasteiger partial charge in [-0.2, -0.15) is 0 Å². The van der Waals surface area contributed by atoms with E-state index in [-0.39, 0.29) is 23.7 Å². The van der Waals surface area contributed by atoms with Gasteiger partial charge in [-0.1, -0.05) is 118 Å². The summed E-state index contributed by atoms with van der Waals surface area (Å²) in [4.78, 5) is 0. The van der Waals surface area contributed by atoms with Crippen LogP contribution >= 0.6 is 0 Å². The van der Waals surface area contributed by atoms with Crippen LogP contribution in [0.1, 0.15) is 204 Å². The molecule has 8 aliphatic rings. The lowest BCUT2D eigenvalue weighted by Gasteiger charge is -2.59. The molecule has 0 bridgehead atoms. The third kappa shape index (κ3) is 8.06. The van der Waals surface area contributed by atoms with Crippen LogP contribution in [0.2, 0.25) is 0 Å². The van der Waals surface area contributed by atoms with Crippen LogP contribution in [0.5, 0.6) is 0 Å². The lowest BCUT2D eigenvalue weighted by atomic mass is 9.46. The molecule has 0 amide bonds. The highest BCUT2D eigenvalue weighted by Crippen LogP contribution is 2.69. The van der Waals surface area contributed by atoms with Gasteiger partial charge in [0.1, 0.15) is 0 Å². The highest BCUT2D eigenvalue weighted by Gasteiger charge is 2.63. The van der Waals surface area contributed by atoms with Gasteiger partial charge in [0, 0.05) is 11.8 Å². The van der Waals surface area contributed by atoms with Gasteiger partial charge in [0.05, 0.1) is 23.9 Å². The average Bonchev–Trinajstić information content (AvgIpc) is 3.70. The second-order valence-electron chi connectivity index (χ2n) is 24.7. The van der Waals surface area contributed by atoms with Gasteiger partial charge in [-0.25, -0.2) is 0 Å². The molecule has 6 fully saturated rings. The van der Waals surface area contributed by atoms with Crippen molar-refractivity contribution in [2.45, 2.75) is 228 Å². The van der Waals surface area contributed by atoms with Crippen LogP contribution in [0.25, 0.3) is 0 Å². The molecule has 0 radical (unpaired) electrons. The fourth-order valence-electron chi connectivity index (χ4n) is 17.4. The zero-order valence-electron chi connectivity index (χ0n) is 39.4. The predicted octanol–water partition coefficient (Wildman–Crippen LogP) is 12.9. The predicted molar refractivity (Wildman–Crippen MR) is 241 cm³/mol. The molecule has 4 nitrogen and oxygen atoms in total. The lowest BCUT2D eigenvalue weighted by molar-refractivity contribution is -0.108. The van der Waals surface area contributed by atoms with Gasteiger partial charge in [-0.15, -0.1) is 0 Å². The molecule has 332 valence electrons. The average molecular weight is 805 g/mol. The van der Waals surface area contributed by atoms with Gasteiger partial charge in [0.25, 0.3) is 0 Å². The van der Waals surface area contributed by atoms with Crippen LogP contribution in [0, 0.1) is 86.8 Å². The Labute approximate surface area is 357 Å². The van der Waals surface area contributed by atoms with E-state index >= 15 is 0 Å². The first kappa shape index (κ1) is 45.3. The van der Waals surface area contributed by atoms with Crippen molar-refractivity contribution in [2.75, 3.05) is 0 Å². The fourth-order valence-corrected chi connectivity index (χ4v) is 17.4. The molecule has 4 heteroatoms. The molecular formula is C54H92O4. The minimum atomic E-state index is -0.514. The molecule has 0 aromatic carbocycles. The molecule has 58 heavy (non-hydrogen) atoms. The number of allylic oxidation sites excluding steroid dienone is 2. The maximum atomic E-state index is 11.6. The van der Waals surface area contributed by atoms with Crippen molar-refractivity contribution in [1.29, 1.82) is 0 Å². The summed E-state index contributed by atoms with van der Waals surface area (Å²) >= 11 is 0. The Balaban J connectivity index is 0.000000177. The third-order valence-corrected chi connectivity index (χ3v) is 20.7. The molecular weight excluding hydrogens is 713 g/mol. The smallest absolute Gasteiger partial charge is 0.0658 e. The minimum Gasteiger partial charge on any atom is -0.393 e. The van der Waals surface area contributed by atoms with E-state index in [0.29, 0.717) is 34.5 Å². The van der Waals surface area contributed by atoms with E-state index in [0.717, 1.165) is 85.4 Å². The van der Waals surface area contributed by atoms with Crippen molar-refractivity contribution in [3.05, 3.63) is 23.3 Å². The molecule has 0 spiro atoms. The summed E-state index contributed by atoms with van der Waals surface area (Å²) in [5.41, 5.74) is 3.45. The SMILES string of the molecule is CC(C)CCC[C@@H](C)[C@H]1CC[C@H]2[C@@H]3CC=C4C[C@@H](O)CC(O)[C@]4(C)[C@H]3CC[C@]12C.CC(C)CCC[C@](C)(O)[C@H]1CC[C@H]2[C@@H]3CC=C4C[C@@H](O)CC[C@]4(C)[C@H]3CC[C@@]21C. The molecule has 4 N–H and O–H groups in total. The normalized spacial score (nSPS) is 47.2. The van der Waals surface area contributed by atoms with Gasteiger partial charge in [0.2, 0.25) is 0 Å². The fraction of sp³-hybridized carbons (Fsp3) is 0.926. The molecule has 0 saturated heterocycles. The van der Waals surface area contributed by atoms with Gasteiger partial charge >= 0.3 is 0 Å². The molecule has 8 aliphatic carbocycles. The number of fused-ring (bicyclic) bond motifs is 10. The highest BCUT2D eigenvalue weighted by molar-refractivity contribution is 5.28. The summed E-state index contributed by atoms with van der Waals surface area (Å²) in [6.45, 7) is 24.0. The summed E-state index contributed by atoms with van der Waals surface area (Å²) in [5.74, 6) is 8.26. The molecule has 1 unspecified atom stereocenters. The van der Waals surface area contributed by atoms with Crippen molar-refractivity contribution < 1.29 is 20.4 Å². The first-order valence-electron chi connectivity index (χ1n) is 25.4. The van der Waals surface area contributed by atoms with Crippen LogP contribution in [-0.4, -0.2) is 44.3 Å². The van der Waals surface area contributed by atoms with Crippen molar-refractivity contribution in [3.63, 3.8) is 0 Å². The quantitative estimate of drug-likeness (QED) is 0.166. The zero-order chi connectivity index (χ0) is 42.0. The maximum absolute atomic E-state index is 11.6. The Bertz CT molecular complexity index is 1480. The molecule has 0 heterocycles. The van der Waals surface area contributed by atoms with Crippen LogP contribution in [0.4, 0.5) is 0 Å². The number of aliphatic hydroxyl groups is 4. The molecule has 6 saturated carbocycles. The maximum Gasteiger partial charge on any atom is 0.0658 e. The Kier molecular flexibility index (Phi) is 13.4. The van der Waals surface area contributed by atoms with Crippen LogP contribution in [0.15, 0.2) is 23.3 Å². The first-order chi connectivity index (χ1) is 27.3. The topological polar surface area (TPSA) is 80.9 Å². The van der Waals surface area contributed by atoms with Crippen molar-refractivity contribution in [2.24, 2.45) is 86.8 Å². The van der Waals surface area contributed by atoms with Crippen LogP contribution < -0.4 is 0 Å². The number of hydrogen-bond acceptors (Lipinski definition) is 4. The van der Waals surface area contributed by atoms with Gasteiger partial charge < -0.3 is 20.4 Å².